The summed E-state index contributed by atoms with van der Waals surface area (Å²) < 4.78 is 0.588. The SMILES string of the molecule is CCCCCCCCCCCCCC(=O)Nc1n[nH]c(=S)s1. The van der Waals surface area contributed by atoms with Gasteiger partial charge in [0.25, 0.3) is 0 Å². The van der Waals surface area contributed by atoms with E-state index in [1.54, 1.807) is 0 Å². The number of carbonyl (C=O) groups is 1. The lowest BCUT2D eigenvalue weighted by Gasteiger charge is -2.03. The summed E-state index contributed by atoms with van der Waals surface area (Å²) >= 11 is 6.21. The van der Waals surface area contributed by atoms with Gasteiger partial charge in [0, 0.05) is 6.42 Å². The second-order valence-electron chi connectivity index (χ2n) is 5.75. The maximum absolute atomic E-state index is 11.7. The first-order chi connectivity index (χ1) is 10.7. The van der Waals surface area contributed by atoms with E-state index in [0.29, 0.717) is 15.5 Å². The molecule has 0 atom stereocenters. The molecule has 22 heavy (non-hydrogen) atoms. The summed E-state index contributed by atoms with van der Waals surface area (Å²) in [6.07, 6.45) is 14.8. The van der Waals surface area contributed by atoms with E-state index < -0.39 is 0 Å². The van der Waals surface area contributed by atoms with Gasteiger partial charge in [-0.05, 0) is 18.6 Å². The number of nitrogens with one attached hydrogen (secondary N) is 2. The molecule has 2 N–H and O–H groups in total. The van der Waals surface area contributed by atoms with Gasteiger partial charge in [-0.1, -0.05) is 82.5 Å². The van der Waals surface area contributed by atoms with Crippen LogP contribution in [0.25, 0.3) is 0 Å². The largest absolute Gasteiger partial charge is 0.301 e. The van der Waals surface area contributed by atoms with E-state index in [-0.39, 0.29) is 5.91 Å². The second kappa shape index (κ2) is 12.8. The minimum absolute atomic E-state index is 0.0358. The van der Waals surface area contributed by atoms with Crippen LogP contribution in [0.2, 0.25) is 0 Å². The zero-order chi connectivity index (χ0) is 16.0. The number of aromatic nitrogens is 2. The summed E-state index contributed by atoms with van der Waals surface area (Å²) in [6, 6.07) is 0. The molecule has 0 fully saturated rings. The molecular weight excluding hydrogens is 314 g/mol. The molecule has 1 heterocycles. The Kier molecular flexibility index (Phi) is 11.2. The Balaban J connectivity index is 1.87. The molecule has 1 rings (SSSR count). The average Bonchev–Trinajstić information content (AvgIpc) is 2.90. The highest BCUT2D eigenvalue weighted by molar-refractivity contribution is 7.73. The van der Waals surface area contributed by atoms with Crippen LogP contribution in [0, 0.1) is 3.95 Å². The molecule has 0 spiro atoms. The Hall–Kier alpha value is -0.750. The Morgan fingerprint density at radius 3 is 2.09 bits per heavy atom. The van der Waals surface area contributed by atoms with E-state index in [1.165, 1.54) is 69.1 Å². The summed E-state index contributed by atoms with van der Waals surface area (Å²) in [5.41, 5.74) is 0. The number of amides is 1. The lowest BCUT2D eigenvalue weighted by Crippen LogP contribution is -2.10. The van der Waals surface area contributed by atoms with Gasteiger partial charge in [0.1, 0.15) is 0 Å². The molecule has 4 nitrogen and oxygen atoms in total. The van der Waals surface area contributed by atoms with Gasteiger partial charge in [-0.2, -0.15) is 0 Å². The maximum Gasteiger partial charge on any atom is 0.226 e. The van der Waals surface area contributed by atoms with Crippen LogP contribution in [-0.2, 0) is 4.79 Å². The van der Waals surface area contributed by atoms with E-state index in [2.05, 4.69) is 22.4 Å². The first-order valence-electron chi connectivity index (χ1n) is 8.57. The first-order valence-corrected chi connectivity index (χ1v) is 9.80. The topological polar surface area (TPSA) is 57.8 Å². The Labute approximate surface area is 143 Å². The van der Waals surface area contributed by atoms with Crippen molar-refractivity contribution in [2.75, 3.05) is 5.32 Å². The van der Waals surface area contributed by atoms with Gasteiger partial charge in [-0.25, -0.2) is 0 Å². The third kappa shape index (κ3) is 10.1. The molecule has 6 heteroatoms. The van der Waals surface area contributed by atoms with Gasteiger partial charge >= 0.3 is 0 Å². The first kappa shape index (κ1) is 19.3. The Bertz CT molecular complexity index is 456. The molecule has 0 radical (unpaired) electrons. The minimum Gasteiger partial charge on any atom is -0.301 e. The van der Waals surface area contributed by atoms with Crippen molar-refractivity contribution in [3.05, 3.63) is 3.95 Å². The highest BCUT2D eigenvalue weighted by atomic mass is 32.1. The Morgan fingerprint density at radius 2 is 1.59 bits per heavy atom. The molecule has 0 aromatic carbocycles. The third-order valence-corrected chi connectivity index (χ3v) is 4.70. The van der Waals surface area contributed by atoms with Crippen LogP contribution in [0.3, 0.4) is 0 Å². The van der Waals surface area contributed by atoms with E-state index in [0.717, 1.165) is 12.8 Å². The van der Waals surface area contributed by atoms with Crippen LogP contribution >= 0.6 is 23.6 Å². The van der Waals surface area contributed by atoms with Crippen LogP contribution in [0.5, 0.6) is 0 Å². The molecule has 1 aromatic rings. The van der Waals surface area contributed by atoms with Crippen molar-refractivity contribution in [2.45, 2.75) is 84.0 Å². The van der Waals surface area contributed by atoms with E-state index >= 15 is 0 Å². The van der Waals surface area contributed by atoms with Crippen molar-refractivity contribution in [3.63, 3.8) is 0 Å². The van der Waals surface area contributed by atoms with Crippen molar-refractivity contribution in [1.29, 1.82) is 0 Å². The molecule has 0 unspecified atom stereocenters. The summed E-state index contributed by atoms with van der Waals surface area (Å²) in [4.78, 5) is 11.7. The molecule has 0 saturated carbocycles. The quantitative estimate of drug-likeness (QED) is 0.349. The van der Waals surface area contributed by atoms with Gasteiger partial charge in [0.15, 0.2) is 3.95 Å². The summed E-state index contributed by atoms with van der Waals surface area (Å²) in [6.45, 7) is 2.26. The number of unbranched alkanes of at least 4 members (excludes halogenated alkanes) is 10. The van der Waals surface area contributed by atoms with Crippen LogP contribution in [0.15, 0.2) is 0 Å². The fraction of sp³-hybridized carbons (Fsp3) is 0.812. The fourth-order valence-electron chi connectivity index (χ4n) is 2.41. The van der Waals surface area contributed by atoms with E-state index in [1.807, 2.05) is 0 Å². The van der Waals surface area contributed by atoms with Crippen molar-refractivity contribution < 1.29 is 4.79 Å². The van der Waals surface area contributed by atoms with Crippen LogP contribution in [0.4, 0.5) is 5.13 Å². The number of hydrogen-bond donors (Lipinski definition) is 2. The lowest BCUT2D eigenvalue weighted by molar-refractivity contribution is -0.116. The van der Waals surface area contributed by atoms with Crippen molar-refractivity contribution in [1.82, 2.24) is 10.2 Å². The molecule has 0 aliphatic heterocycles. The number of anilines is 1. The lowest BCUT2D eigenvalue weighted by atomic mass is 10.1. The second-order valence-corrected chi connectivity index (χ2v) is 7.42. The predicted octanol–water partition coefficient (Wildman–Crippen LogP) is 5.84. The van der Waals surface area contributed by atoms with Gasteiger partial charge < -0.3 is 5.32 Å². The molecule has 126 valence electrons. The summed E-state index contributed by atoms with van der Waals surface area (Å²) in [5, 5.41) is 9.91. The number of nitrogens with zero attached hydrogens (tertiary/aromatic N) is 1. The molecule has 1 amide bonds. The van der Waals surface area contributed by atoms with Gasteiger partial charge in [-0.15, -0.1) is 5.10 Å². The van der Waals surface area contributed by atoms with E-state index in [4.69, 9.17) is 12.2 Å². The zero-order valence-corrected chi connectivity index (χ0v) is 15.3. The molecule has 0 aliphatic rings. The van der Waals surface area contributed by atoms with E-state index in [9.17, 15) is 4.79 Å². The van der Waals surface area contributed by atoms with Crippen molar-refractivity contribution >= 4 is 34.6 Å². The highest BCUT2D eigenvalue weighted by Crippen LogP contribution is 2.14. The number of carbonyl (C=O) groups excluding carboxylic acids is 1. The van der Waals surface area contributed by atoms with Crippen LogP contribution < -0.4 is 5.32 Å². The smallest absolute Gasteiger partial charge is 0.226 e. The van der Waals surface area contributed by atoms with Crippen molar-refractivity contribution in [3.8, 4) is 0 Å². The standard InChI is InChI=1S/C16H29N3OS2/c1-2-3-4-5-6-7-8-9-10-11-12-13-14(20)17-15-18-19-16(21)22-15/h2-13H2,1H3,(H,19,21)(H,17,18,20). The minimum atomic E-state index is 0.0358. The monoisotopic (exact) mass is 343 g/mol. The highest BCUT2D eigenvalue weighted by Gasteiger charge is 2.04. The summed E-state index contributed by atoms with van der Waals surface area (Å²) in [5.74, 6) is 0.0358. The van der Waals surface area contributed by atoms with Gasteiger partial charge in [0.05, 0.1) is 0 Å². The van der Waals surface area contributed by atoms with Gasteiger partial charge in [0.2, 0.25) is 11.0 Å². The molecule has 0 bridgehead atoms. The number of H-pyrrole nitrogens is 1. The molecule has 0 saturated heterocycles. The van der Waals surface area contributed by atoms with Gasteiger partial charge in [-0.3, -0.25) is 9.89 Å². The average molecular weight is 344 g/mol. The Morgan fingerprint density at radius 1 is 1.05 bits per heavy atom. The third-order valence-electron chi connectivity index (χ3n) is 3.69. The normalized spacial score (nSPS) is 10.8. The maximum atomic E-state index is 11.7. The molecule has 1 aromatic heterocycles. The van der Waals surface area contributed by atoms with Crippen molar-refractivity contribution in [2.24, 2.45) is 0 Å². The van der Waals surface area contributed by atoms with Crippen LogP contribution in [0.1, 0.15) is 84.0 Å². The summed E-state index contributed by atoms with van der Waals surface area (Å²) in [7, 11) is 0. The zero-order valence-electron chi connectivity index (χ0n) is 13.7. The van der Waals surface area contributed by atoms with Crippen LogP contribution in [-0.4, -0.2) is 16.1 Å². The molecule has 0 aliphatic carbocycles. The molecular formula is C16H29N3OS2. The fourth-order valence-corrected chi connectivity index (χ4v) is 3.22. The number of aromatic amines is 1. The number of rotatable bonds is 13. The predicted molar refractivity (Wildman–Crippen MR) is 97.0 cm³/mol. The number of hydrogen-bond acceptors (Lipinski definition) is 4.